The van der Waals surface area contributed by atoms with Gasteiger partial charge in [-0.2, -0.15) is 5.10 Å². The molecular weight excluding hydrogens is 573 g/mol. The Morgan fingerprint density at radius 1 is 0.875 bits per heavy atom. The van der Waals surface area contributed by atoms with Crippen molar-refractivity contribution in [3.05, 3.63) is 117 Å². The molecule has 5 aromatic rings. The van der Waals surface area contributed by atoms with Crippen LogP contribution in [0.4, 0.5) is 0 Å². The van der Waals surface area contributed by atoms with Crippen LogP contribution < -0.4 is 14.9 Å². The van der Waals surface area contributed by atoms with Gasteiger partial charge in [0.05, 0.1) is 23.9 Å². The van der Waals surface area contributed by atoms with E-state index in [0.717, 1.165) is 0 Å². The van der Waals surface area contributed by atoms with Gasteiger partial charge in [-0.3, -0.25) is 4.79 Å². The summed E-state index contributed by atoms with van der Waals surface area (Å²) >= 11 is 19.2. The number of aromatic nitrogens is 1. The summed E-state index contributed by atoms with van der Waals surface area (Å²) in [5.74, 6) is -0.463. The SMILES string of the molecule is COc1cc(C=NNC(=O)c2[nH]c3cc(Cl)cc(Cl)c3c2-c2ccccc2Cl)ccc1OC(=O)c1ccccc1. The number of nitrogens with one attached hydrogen (secondary N) is 2. The monoisotopic (exact) mass is 591 g/mol. The standard InChI is InChI=1S/C30H20Cl3N3O4/c1-39-25-13-17(11-12-24(25)40-30(38)18-7-3-2-4-8-18)16-34-36-29(37)28-26(20-9-5-6-10-21(20)32)27-22(33)14-19(31)15-23(27)35-28/h2-16,35H,1H3,(H,36,37). The van der Waals surface area contributed by atoms with E-state index in [0.29, 0.717) is 54.0 Å². The predicted molar refractivity (Wildman–Crippen MR) is 158 cm³/mol. The van der Waals surface area contributed by atoms with E-state index in [1.165, 1.54) is 13.3 Å². The second-order valence-electron chi connectivity index (χ2n) is 8.53. The third-order valence-electron chi connectivity index (χ3n) is 5.96. The lowest BCUT2D eigenvalue weighted by molar-refractivity contribution is 0.0729. The zero-order valence-electron chi connectivity index (χ0n) is 20.9. The number of methoxy groups -OCH3 is 1. The van der Waals surface area contributed by atoms with E-state index >= 15 is 0 Å². The van der Waals surface area contributed by atoms with Crippen molar-refractivity contribution in [1.29, 1.82) is 0 Å². The van der Waals surface area contributed by atoms with E-state index in [2.05, 4.69) is 15.5 Å². The molecule has 1 aromatic heterocycles. The molecule has 0 radical (unpaired) electrons. The van der Waals surface area contributed by atoms with Crippen LogP contribution in [0.1, 0.15) is 26.4 Å². The Balaban J connectivity index is 1.39. The van der Waals surface area contributed by atoms with E-state index in [1.54, 1.807) is 72.8 Å². The highest BCUT2D eigenvalue weighted by molar-refractivity contribution is 6.41. The zero-order valence-corrected chi connectivity index (χ0v) is 23.1. The van der Waals surface area contributed by atoms with E-state index in [1.807, 2.05) is 12.1 Å². The second kappa shape index (κ2) is 11.8. The highest BCUT2D eigenvalue weighted by atomic mass is 35.5. The predicted octanol–water partition coefficient (Wildman–Crippen LogP) is 7.79. The van der Waals surface area contributed by atoms with Crippen LogP contribution in [-0.4, -0.2) is 30.2 Å². The quantitative estimate of drug-likeness (QED) is 0.0873. The first-order chi connectivity index (χ1) is 19.4. The topological polar surface area (TPSA) is 92.8 Å². The van der Waals surface area contributed by atoms with Gasteiger partial charge < -0.3 is 14.5 Å². The fraction of sp³-hybridized carbons (Fsp3) is 0.0333. The number of H-pyrrole nitrogens is 1. The van der Waals surface area contributed by atoms with Crippen LogP contribution in [0.5, 0.6) is 11.5 Å². The Hall–Kier alpha value is -4.30. The molecule has 2 N–H and O–H groups in total. The number of benzene rings is 4. The molecule has 0 aliphatic rings. The number of fused-ring (bicyclic) bond motifs is 1. The Kier molecular flexibility index (Phi) is 8.07. The third kappa shape index (κ3) is 5.67. The van der Waals surface area contributed by atoms with Crippen molar-refractivity contribution in [3.63, 3.8) is 0 Å². The van der Waals surface area contributed by atoms with Crippen molar-refractivity contribution in [3.8, 4) is 22.6 Å². The van der Waals surface area contributed by atoms with Crippen molar-refractivity contribution < 1.29 is 19.1 Å². The van der Waals surface area contributed by atoms with E-state index in [-0.39, 0.29) is 11.4 Å². The van der Waals surface area contributed by atoms with Crippen molar-refractivity contribution in [2.75, 3.05) is 7.11 Å². The number of nitrogens with zero attached hydrogens (tertiary/aromatic N) is 1. The van der Waals surface area contributed by atoms with Crippen molar-refractivity contribution >= 4 is 63.8 Å². The summed E-state index contributed by atoms with van der Waals surface area (Å²) in [6.07, 6.45) is 1.44. The maximum atomic E-state index is 13.3. The van der Waals surface area contributed by atoms with Crippen molar-refractivity contribution in [2.45, 2.75) is 0 Å². The molecular formula is C30H20Cl3N3O4. The minimum atomic E-state index is -0.519. The molecule has 0 fully saturated rings. The molecule has 0 aliphatic carbocycles. The summed E-state index contributed by atoms with van der Waals surface area (Å²) in [6.45, 7) is 0. The Morgan fingerprint density at radius 2 is 1.62 bits per heavy atom. The zero-order chi connectivity index (χ0) is 28.2. The lowest BCUT2D eigenvalue weighted by atomic mass is 10.0. The van der Waals surface area contributed by atoms with Gasteiger partial charge in [0.2, 0.25) is 0 Å². The molecule has 200 valence electrons. The minimum absolute atomic E-state index is 0.213. The lowest BCUT2D eigenvalue weighted by Crippen LogP contribution is -2.19. The highest BCUT2D eigenvalue weighted by Crippen LogP contribution is 2.41. The molecule has 0 atom stereocenters. The molecule has 0 saturated carbocycles. The first-order valence-corrected chi connectivity index (χ1v) is 13.0. The maximum Gasteiger partial charge on any atom is 0.343 e. The van der Waals surface area contributed by atoms with E-state index in [4.69, 9.17) is 44.3 Å². The Bertz CT molecular complexity index is 1770. The summed E-state index contributed by atoms with van der Waals surface area (Å²) in [6, 6.07) is 23.9. The molecule has 1 heterocycles. The molecule has 0 spiro atoms. The van der Waals surface area contributed by atoms with Gasteiger partial charge in [-0.15, -0.1) is 0 Å². The number of esters is 1. The molecule has 0 saturated heterocycles. The van der Waals surface area contributed by atoms with Gasteiger partial charge in [-0.25, -0.2) is 10.2 Å². The second-order valence-corrected chi connectivity index (χ2v) is 9.78. The number of carbonyl (C=O) groups excluding carboxylic acids is 2. The summed E-state index contributed by atoms with van der Waals surface area (Å²) in [5, 5.41) is 5.95. The number of carbonyl (C=O) groups is 2. The van der Waals surface area contributed by atoms with Crippen LogP contribution in [0.2, 0.25) is 15.1 Å². The van der Waals surface area contributed by atoms with Crippen LogP contribution >= 0.6 is 34.8 Å². The molecule has 1 amide bonds. The lowest BCUT2D eigenvalue weighted by Gasteiger charge is -2.10. The van der Waals surface area contributed by atoms with Crippen molar-refractivity contribution in [2.24, 2.45) is 5.10 Å². The van der Waals surface area contributed by atoms with E-state index in [9.17, 15) is 9.59 Å². The summed E-state index contributed by atoms with van der Waals surface area (Å²) in [4.78, 5) is 28.8. The van der Waals surface area contributed by atoms with Crippen LogP contribution in [0.25, 0.3) is 22.0 Å². The molecule has 40 heavy (non-hydrogen) atoms. The van der Waals surface area contributed by atoms with Crippen LogP contribution in [0.15, 0.2) is 90.0 Å². The van der Waals surface area contributed by atoms with Crippen molar-refractivity contribution in [1.82, 2.24) is 10.4 Å². The smallest absolute Gasteiger partial charge is 0.343 e. The molecule has 10 heteroatoms. The van der Waals surface area contributed by atoms with Gasteiger partial charge in [0.25, 0.3) is 5.91 Å². The summed E-state index contributed by atoms with van der Waals surface area (Å²) < 4.78 is 10.9. The molecule has 7 nitrogen and oxygen atoms in total. The normalized spacial score (nSPS) is 11.1. The number of hydrazone groups is 1. The summed E-state index contributed by atoms with van der Waals surface area (Å²) in [7, 11) is 1.46. The number of rotatable bonds is 7. The van der Waals surface area contributed by atoms with Gasteiger partial charge in [-0.1, -0.05) is 71.2 Å². The average Bonchev–Trinajstić information content (AvgIpc) is 3.34. The number of ether oxygens (including phenoxy) is 2. The number of hydrogen-bond donors (Lipinski definition) is 2. The Morgan fingerprint density at radius 3 is 2.38 bits per heavy atom. The summed E-state index contributed by atoms with van der Waals surface area (Å²) in [5.41, 5.74) is 5.48. The number of amides is 1. The largest absolute Gasteiger partial charge is 0.493 e. The Labute approximate surface area is 244 Å². The molecule has 0 unspecified atom stereocenters. The first-order valence-electron chi connectivity index (χ1n) is 11.9. The van der Waals surface area contributed by atoms with E-state index < -0.39 is 11.9 Å². The van der Waals surface area contributed by atoms with Gasteiger partial charge >= 0.3 is 5.97 Å². The third-order valence-corrected chi connectivity index (χ3v) is 6.81. The molecule has 5 rings (SSSR count). The van der Waals surface area contributed by atoms with Crippen LogP contribution in [0, 0.1) is 0 Å². The van der Waals surface area contributed by atoms with Crippen LogP contribution in [-0.2, 0) is 0 Å². The minimum Gasteiger partial charge on any atom is -0.493 e. The molecule has 0 aliphatic heterocycles. The molecule has 0 bridgehead atoms. The number of hydrogen-bond acceptors (Lipinski definition) is 5. The fourth-order valence-electron chi connectivity index (χ4n) is 4.16. The molecule has 4 aromatic carbocycles. The highest BCUT2D eigenvalue weighted by Gasteiger charge is 2.23. The van der Waals surface area contributed by atoms with Gasteiger partial charge in [0.1, 0.15) is 5.69 Å². The van der Waals surface area contributed by atoms with Gasteiger partial charge in [0.15, 0.2) is 11.5 Å². The fourth-order valence-corrected chi connectivity index (χ4v) is 4.97. The number of halogens is 3. The van der Waals surface area contributed by atoms with Gasteiger partial charge in [0, 0.05) is 32.1 Å². The maximum absolute atomic E-state index is 13.3. The first kappa shape index (κ1) is 27.3. The van der Waals surface area contributed by atoms with Gasteiger partial charge in [-0.05, 0) is 54.1 Å². The number of aromatic amines is 1. The average molecular weight is 593 g/mol. The van der Waals surface area contributed by atoms with Crippen LogP contribution in [0.3, 0.4) is 0 Å².